The highest BCUT2D eigenvalue weighted by Gasteiger charge is 2.34. The number of carbonyl (C=O) groups excluding carboxylic acids is 1. The number of amides is 1. The Bertz CT molecular complexity index is 1490. The molecule has 1 atom stereocenters. The normalized spacial score (nSPS) is 16.2. The smallest absolute Gasteiger partial charge is 0.303 e. The number of methoxy groups -OCH3 is 1. The van der Waals surface area contributed by atoms with Gasteiger partial charge >= 0.3 is 5.97 Å². The summed E-state index contributed by atoms with van der Waals surface area (Å²) in [5, 5.41) is 9.39. The van der Waals surface area contributed by atoms with Crippen LogP contribution < -0.4 is 19.3 Å². The second kappa shape index (κ2) is 13.8. The van der Waals surface area contributed by atoms with Gasteiger partial charge in [0.2, 0.25) is 11.8 Å². The number of ether oxygens (including phenoxy) is 2. The molecular formula is C35H45N5O5. The van der Waals surface area contributed by atoms with E-state index < -0.39 is 5.97 Å². The third-order valence-corrected chi connectivity index (χ3v) is 8.53. The summed E-state index contributed by atoms with van der Waals surface area (Å²) in [6.07, 6.45) is 7.47. The number of aliphatic carboxylic acids is 1. The van der Waals surface area contributed by atoms with Crippen molar-refractivity contribution in [1.29, 1.82) is 0 Å². The Hall–Kier alpha value is -4.21. The van der Waals surface area contributed by atoms with Gasteiger partial charge in [-0.1, -0.05) is 20.8 Å². The quantitative estimate of drug-likeness (QED) is 0.256. The molecule has 1 unspecified atom stereocenters. The van der Waals surface area contributed by atoms with Gasteiger partial charge in [-0.3, -0.25) is 14.5 Å². The predicted molar refractivity (Wildman–Crippen MR) is 173 cm³/mol. The number of pyridine rings is 1. The highest BCUT2D eigenvalue weighted by molar-refractivity contribution is 6.09. The molecule has 0 bridgehead atoms. The predicted octanol–water partition coefficient (Wildman–Crippen LogP) is 6.15. The first-order chi connectivity index (χ1) is 21.5. The van der Waals surface area contributed by atoms with Gasteiger partial charge in [-0.15, -0.1) is 0 Å². The Morgan fingerprint density at radius 3 is 2.42 bits per heavy atom. The molecule has 0 radical (unpaired) electrons. The fraction of sp³-hybridized carbons (Fsp3) is 0.514. The standard InChI is InChI=1S/C35H45N5O5/c1-23-10-14-37-34(38-23)40(22-35(2,3)4)33(43)28-9-8-27(44-5)19-30(28)39-16-12-24(13-17-39)21-45-31-18-26(11-15-36-31)29(20-32(41)42)25-6-7-25/h8-11,14-15,18-19,24-25,29H,6-7,12-13,16-17,20-22H2,1-5H3,(H,41,42). The average Bonchev–Trinajstić information content (AvgIpc) is 3.86. The largest absolute Gasteiger partial charge is 0.497 e. The minimum absolute atomic E-state index is 0.00709. The second-order valence-electron chi connectivity index (χ2n) is 13.5. The van der Waals surface area contributed by atoms with Crippen LogP contribution in [0.1, 0.15) is 80.4 Å². The van der Waals surface area contributed by atoms with Crippen molar-refractivity contribution in [1.82, 2.24) is 15.0 Å². The van der Waals surface area contributed by atoms with Gasteiger partial charge in [0.1, 0.15) is 5.75 Å². The van der Waals surface area contributed by atoms with Crippen LogP contribution in [0.15, 0.2) is 48.8 Å². The van der Waals surface area contributed by atoms with Crippen LogP contribution in [-0.4, -0.2) is 65.3 Å². The zero-order valence-corrected chi connectivity index (χ0v) is 27.0. The summed E-state index contributed by atoms with van der Waals surface area (Å²) in [5.74, 6) is 1.49. The lowest BCUT2D eigenvalue weighted by molar-refractivity contribution is -0.137. The van der Waals surface area contributed by atoms with Gasteiger partial charge in [-0.05, 0) is 85.6 Å². The van der Waals surface area contributed by atoms with Crippen molar-refractivity contribution in [3.8, 4) is 11.6 Å². The van der Waals surface area contributed by atoms with Crippen molar-refractivity contribution in [2.24, 2.45) is 17.3 Å². The molecule has 1 aliphatic heterocycles. The molecule has 10 heteroatoms. The molecule has 5 rings (SSSR count). The van der Waals surface area contributed by atoms with Crippen molar-refractivity contribution in [2.75, 3.05) is 43.2 Å². The Balaban J connectivity index is 1.28. The van der Waals surface area contributed by atoms with E-state index in [0.717, 1.165) is 55.7 Å². The first-order valence-corrected chi connectivity index (χ1v) is 15.9. The Morgan fingerprint density at radius 1 is 1.04 bits per heavy atom. The number of aryl methyl sites for hydroxylation is 1. The molecule has 1 saturated carbocycles. The van der Waals surface area contributed by atoms with Crippen LogP contribution in [0.5, 0.6) is 11.6 Å². The number of hydrogen-bond donors (Lipinski definition) is 1. The van der Waals surface area contributed by atoms with Crippen molar-refractivity contribution >= 4 is 23.5 Å². The minimum atomic E-state index is -0.774. The van der Waals surface area contributed by atoms with Crippen molar-refractivity contribution < 1.29 is 24.2 Å². The van der Waals surface area contributed by atoms with Crippen LogP contribution in [-0.2, 0) is 4.79 Å². The number of carboxylic acid groups (broad SMARTS) is 1. The highest BCUT2D eigenvalue weighted by atomic mass is 16.5. The second-order valence-corrected chi connectivity index (χ2v) is 13.5. The molecule has 1 saturated heterocycles. The number of aromatic nitrogens is 3. The number of piperidine rings is 1. The molecule has 10 nitrogen and oxygen atoms in total. The van der Waals surface area contributed by atoms with E-state index >= 15 is 0 Å². The summed E-state index contributed by atoms with van der Waals surface area (Å²) in [7, 11) is 1.63. The molecule has 45 heavy (non-hydrogen) atoms. The number of nitrogens with zero attached hydrogens (tertiary/aromatic N) is 5. The molecular weight excluding hydrogens is 570 g/mol. The van der Waals surface area contributed by atoms with E-state index in [1.807, 2.05) is 43.3 Å². The number of anilines is 2. The van der Waals surface area contributed by atoms with Gasteiger partial charge in [0.05, 0.1) is 31.4 Å². The minimum Gasteiger partial charge on any atom is -0.497 e. The number of rotatable bonds is 12. The Morgan fingerprint density at radius 2 is 1.78 bits per heavy atom. The van der Waals surface area contributed by atoms with Crippen LogP contribution >= 0.6 is 0 Å². The maximum Gasteiger partial charge on any atom is 0.303 e. The summed E-state index contributed by atoms with van der Waals surface area (Å²) >= 11 is 0. The van der Waals surface area contributed by atoms with E-state index in [9.17, 15) is 14.7 Å². The molecule has 1 aromatic carbocycles. The van der Waals surface area contributed by atoms with Crippen LogP contribution in [0.2, 0.25) is 0 Å². The molecule has 3 aromatic rings. The fourth-order valence-electron chi connectivity index (χ4n) is 6.02. The maximum absolute atomic E-state index is 14.2. The fourth-order valence-corrected chi connectivity index (χ4v) is 6.02. The number of benzene rings is 1. The van der Waals surface area contributed by atoms with Gasteiger partial charge < -0.3 is 19.5 Å². The third kappa shape index (κ3) is 8.49. The molecule has 1 N–H and O–H groups in total. The zero-order valence-electron chi connectivity index (χ0n) is 27.0. The Kier molecular flexibility index (Phi) is 9.90. The summed E-state index contributed by atoms with van der Waals surface area (Å²) in [6.45, 7) is 10.7. The van der Waals surface area contributed by atoms with Gasteiger partial charge in [0.15, 0.2) is 0 Å². The first kappa shape index (κ1) is 32.2. The lowest BCUT2D eigenvalue weighted by Gasteiger charge is -2.35. The maximum atomic E-state index is 14.2. The van der Waals surface area contributed by atoms with E-state index in [4.69, 9.17) is 9.47 Å². The molecule has 1 aliphatic carbocycles. The van der Waals surface area contributed by atoms with E-state index in [2.05, 4.69) is 40.6 Å². The van der Waals surface area contributed by atoms with E-state index in [-0.39, 0.29) is 23.7 Å². The van der Waals surface area contributed by atoms with Crippen LogP contribution in [0, 0.1) is 24.2 Å². The van der Waals surface area contributed by atoms with Crippen molar-refractivity contribution in [3.05, 3.63) is 65.6 Å². The molecule has 0 spiro atoms. The Labute approximate surface area is 265 Å². The monoisotopic (exact) mass is 615 g/mol. The lowest BCUT2D eigenvalue weighted by Crippen LogP contribution is -2.41. The van der Waals surface area contributed by atoms with Gasteiger partial charge in [0, 0.05) is 49.9 Å². The molecule has 2 fully saturated rings. The molecule has 2 aromatic heterocycles. The van der Waals surface area contributed by atoms with Gasteiger partial charge in [-0.25, -0.2) is 15.0 Å². The van der Waals surface area contributed by atoms with E-state index in [1.165, 1.54) is 0 Å². The summed E-state index contributed by atoms with van der Waals surface area (Å²) in [4.78, 5) is 43.0. The number of carboxylic acids is 1. The molecule has 1 amide bonds. The average molecular weight is 616 g/mol. The number of hydrogen-bond acceptors (Lipinski definition) is 8. The van der Waals surface area contributed by atoms with Gasteiger partial charge in [-0.2, -0.15) is 0 Å². The molecule has 240 valence electrons. The van der Waals surface area contributed by atoms with Crippen LogP contribution in [0.4, 0.5) is 11.6 Å². The topological polar surface area (TPSA) is 118 Å². The van der Waals surface area contributed by atoms with Crippen LogP contribution in [0.3, 0.4) is 0 Å². The van der Waals surface area contributed by atoms with Gasteiger partial charge in [0.25, 0.3) is 5.91 Å². The molecule has 2 aliphatic rings. The lowest BCUT2D eigenvalue weighted by atomic mass is 9.92. The highest BCUT2D eigenvalue weighted by Crippen LogP contribution is 2.45. The van der Waals surface area contributed by atoms with E-state index in [0.29, 0.717) is 48.1 Å². The van der Waals surface area contributed by atoms with Crippen molar-refractivity contribution in [2.45, 2.75) is 65.7 Å². The zero-order chi connectivity index (χ0) is 32.1. The van der Waals surface area contributed by atoms with E-state index in [1.54, 1.807) is 24.4 Å². The molecule has 3 heterocycles. The third-order valence-electron chi connectivity index (χ3n) is 8.53. The summed E-state index contributed by atoms with van der Waals surface area (Å²) in [6, 6.07) is 11.3. The first-order valence-electron chi connectivity index (χ1n) is 15.9. The van der Waals surface area contributed by atoms with Crippen LogP contribution in [0.25, 0.3) is 0 Å². The summed E-state index contributed by atoms with van der Waals surface area (Å²) in [5.41, 5.74) is 3.05. The summed E-state index contributed by atoms with van der Waals surface area (Å²) < 4.78 is 11.7. The number of carbonyl (C=O) groups is 2. The van der Waals surface area contributed by atoms with Crippen molar-refractivity contribution in [3.63, 3.8) is 0 Å². The SMILES string of the molecule is COc1ccc(C(=O)N(CC(C)(C)C)c2nccc(C)n2)c(N2CCC(COc3cc(C(CC(=O)O)C4CC4)ccn3)CC2)c1.